The highest BCUT2D eigenvalue weighted by Gasteiger charge is 2.32. The van der Waals surface area contributed by atoms with Crippen LogP contribution in [0, 0.1) is 18.8 Å². The van der Waals surface area contributed by atoms with Gasteiger partial charge in [-0.3, -0.25) is 14.2 Å². The van der Waals surface area contributed by atoms with Crippen LogP contribution in [0.4, 0.5) is 4.79 Å². The Morgan fingerprint density at radius 2 is 1.69 bits per heavy atom. The van der Waals surface area contributed by atoms with Gasteiger partial charge in [-0.1, -0.05) is 6.08 Å². The molecule has 4 rings (SSSR count). The van der Waals surface area contributed by atoms with Crippen molar-refractivity contribution >= 4 is 23.3 Å². The van der Waals surface area contributed by atoms with Crippen LogP contribution in [0.25, 0.3) is 11.2 Å². The summed E-state index contributed by atoms with van der Waals surface area (Å²) in [5.41, 5.74) is 4.79. The van der Waals surface area contributed by atoms with Crippen LogP contribution in [0.1, 0.15) is 89.2 Å². The lowest BCUT2D eigenvalue weighted by Crippen LogP contribution is -2.41. The molecule has 0 unspecified atom stereocenters. The summed E-state index contributed by atoms with van der Waals surface area (Å²) >= 11 is 0. The molecule has 2 aliphatic rings. The molecule has 8 nitrogen and oxygen atoms in total. The van der Waals surface area contributed by atoms with Gasteiger partial charge in [0.1, 0.15) is 5.60 Å². The predicted octanol–water partition coefficient (Wildman–Crippen LogP) is 5.53. The molecule has 2 aromatic heterocycles. The molecule has 0 radical (unpaired) electrons. The minimum absolute atomic E-state index is 0.00534. The lowest BCUT2D eigenvalue weighted by atomic mass is 9.77. The van der Waals surface area contributed by atoms with Gasteiger partial charge in [0.05, 0.1) is 36.3 Å². The number of carbonyl (C=O) groups is 2. The number of methoxy groups -OCH3 is 1. The summed E-state index contributed by atoms with van der Waals surface area (Å²) in [7, 11) is 1.47. The maximum atomic E-state index is 12.5. The number of esters is 1. The number of hydrogen-bond acceptors (Lipinski definition) is 6. The summed E-state index contributed by atoms with van der Waals surface area (Å²) in [5, 5.41) is 0. The standard InChI is InChI=1S/C28H40N4O4/c1-7-22(19-8-10-21(11-9-19)26(33)35-6)25-18(2)29-16-24-30-23(17-32(24)25)20-12-14-31(15-13-20)27(34)36-28(3,4)5/h7,16-17,19-21H,8-15H2,1-6H3/b22-7-. The van der Waals surface area contributed by atoms with Crippen molar-refractivity contribution in [1.29, 1.82) is 0 Å². The van der Waals surface area contributed by atoms with Gasteiger partial charge in [-0.05, 0) is 84.6 Å². The third-order valence-corrected chi connectivity index (χ3v) is 7.56. The summed E-state index contributed by atoms with van der Waals surface area (Å²) in [5.74, 6) is 0.587. The molecule has 196 valence electrons. The molecule has 1 amide bonds. The Morgan fingerprint density at radius 3 is 2.28 bits per heavy atom. The fraction of sp³-hybridized carbons (Fsp3) is 0.643. The first-order valence-electron chi connectivity index (χ1n) is 13.2. The van der Waals surface area contributed by atoms with Crippen molar-refractivity contribution in [3.05, 3.63) is 35.6 Å². The lowest BCUT2D eigenvalue weighted by Gasteiger charge is -2.32. The van der Waals surface area contributed by atoms with E-state index in [1.54, 1.807) is 4.90 Å². The molecule has 36 heavy (non-hydrogen) atoms. The maximum absolute atomic E-state index is 12.5. The van der Waals surface area contributed by atoms with E-state index in [9.17, 15) is 9.59 Å². The third-order valence-electron chi connectivity index (χ3n) is 7.56. The zero-order valence-electron chi connectivity index (χ0n) is 22.5. The van der Waals surface area contributed by atoms with E-state index in [4.69, 9.17) is 14.5 Å². The van der Waals surface area contributed by atoms with Crippen molar-refractivity contribution in [3.63, 3.8) is 0 Å². The number of fused-ring (bicyclic) bond motifs is 1. The Labute approximate surface area is 214 Å². The Bertz CT molecular complexity index is 1130. The molecule has 8 heteroatoms. The molecule has 1 aliphatic carbocycles. The SMILES string of the molecule is C/C=C(\c1c(C)ncc2nc(C3CCN(C(=O)OC(C)(C)C)CC3)cn12)C1CCC(C(=O)OC)CC1. The number of amides is 1. The number of hydrogen-bond donors (Lipinski definition) is 0. The molecule has 0 bridgehead atoms. The van der Waals surface area contributed by atoms with Gasteiger partial charge in [0.2, 0.25) is 0 Å². The lowest BCUT2D eigenvalue weighted by molar-refractivity contribution is -0.146. The minimum atomic E-state index is -0.486. The summed E-state index contributed by atoms with van der Waals surface area (Å²) < 4.78 is 12.7. The molecule has 2 aromatic rings. The first kappa shape index (κ1) is 26.2. The zero-order chi connectivity index (χ0) is 26.0. The average molecular weight is 497 g/mol. The first-order chi connectivity index (χ1) is 17.1. The molecule has 0 N–H and O–H groups in total. The molecular weight excluding hydrogens is 456 g/mol. The molecule has 3 heterocycles. The van der Waals surface area contributed by atoms with Gasteiger partial charge >= 0.3 is 12.1 Å². The normalized spacial score (nSPS) is 22.1. The highest BCUT2D eigenvalue weighted by atomic mass is 16.6. The highest BCUT2D eigenvalue weighted by Crippen LogP contribution is 2.39. The molecular formula is C28H40N4O4. The number of rotatable bonds is 4. The summed E-state index contributed by atoms with van der Waals surface area (Å²) in [6.07, 6.45) is 11.3. The molecule has 0 aromatic carbocycles. The van der Waals surface area contributed by atoms with Gasteiger partial charge in [-0.15, -0.1) is 0 Å². The van der Waals surface area contributed by atoms with E-state index in [1.165, 1.54) is 12.7 Å². The van der Waals surface area contributed by atoms with Crippen LogP contribution >= 0.6 is 0 Å². The van der Waals surface area contributed by atoms with Crippen LogP contribution in [-0.4, -0.2) is 57.1 Å². The van der Waals surface area contributed by atoms with Crippen LogP contribution in [-0.2, 0) is 14.3 Å². The van der Waals surface area contributed by atoms with E-state index in [2.05, 4.69) is 35.5 Å². The molecule has 0 atom stereocenters. The first-order valence-corrected chi connectivity index (χ1v) is 13.2. The molecule has 1 saturated heterocycles. The van der Waals surface area contributed by atoms with Crippen molar-refractivity contribution < 1.29 is 19.1 Å². The number of imidazole rings is 1. The zero-order valence-corrected chi connectivity index (χ0v) is 22.5. The Kier molecular flexibility index (Phi) is 7.71. The number of aromatic nitrogens is 3. The number of allylic oxidation sites excluding steroid dienone is 2. The summed E-state index contributed by atoms with van der Waals surface area (Å²) in [6, 6.07) is 0. The second kappa shape index (κ2) is 10.6. The van der Waals surface area contributed by atoms with Gasteiger partial charge in [0.15, 0.2) is 5.65 Å². The Balaban J connectivity index is 1.51. The number of carbonyl (C=O) groups excluding carboxylic acids is 2. The Morgan fingerprint density at radius 1 is 1.06 bits per heavy atom. The maximum Gasteiger partial charge on any atom is 0.410 e. The van der Waals surface area contributed by atoms with Gasteiger partial charge in [0, 0.05) is 25.2 Å². The van der Waals surface area contributed by atoms with Gasteiger partial charge < -0.3 is 14.4 Å². The van der Waals surface area contributed by atoms with Crippen molar-refractivity contribution in [2.45, 2.75) is 84.7 Å². The molecule has 1 saturated carbocycles. The summed E-state index contributed by atoms with van der Waals surface area (Å²) in [4.78, 5) is 35.9. The third kappa shape index (κ3) is 5.57. The number of ether oxygens (including phenoxy) is 2. The number of likely N-dealkylation sites (tertiary alicyclic amines) is 1. The van der Waals surface area contributed by atoms with Crippen molar-refractivity contribution in [2.24, 2.45) is 11.8 Å². The fourth-order valence-electron chi connectivity index (χ4n) is 5.68. The largest absolute Gasteiger partial charge is 0.469 e. The number of nitrogens with zero attached hydrogens (tertiary/aromatic N) is 4. The van der Waals surface area contributed by atoms with Crippen LogP contribution in [0.2, 0.25) is 0 Å². The van der Waals surface area contributed by atoms with Crippen molar-refractivity contribution in [3.8, 4) is 0 Å². The van der Waals surface area contributed by atoms with Gasteiger partial charge in [-0.2, -0.15) is 0 Å². The van der Waals surface area contributed by atoms with E-state index in [1.807, 2.05) is 27.0 Å². The summed E-state index contributed by atoms with van der Waals surface area (Å²) in [6.45, 7) is 11.2. The van der Waals surface area contributed by atoms with Crippen LogP contribution < -0.4 is 0 Å². The molecule has 2 fully saturated rings. The second-order valence-corrected chi connectivity index (χ2v) is 11.1. The van der Waals surface area contributed by atoms with Gasteiger partial charge in [-0.25, -0.2) is 9.78 Å². The van der Waals surface area contributed by atoms with Gasteiger partial charge in [0.25, 0.3) is 0 Å². The van der Waals surface area contributed by atoms with Crippen LogP contribution in [0.15, 0.2) is 18.5 Å². The van der Waals surface area contributed by atoms with E-state index >= 15 is 0 Å². The Hall–Kier alpha value is -2.90. The average Bonchev–Trinajstić information content (AvgIpc) is 3.29. The van der Waals surface area contributed by atoms with E-state index in [-0.39, 0.29) is 18.0 Å². The quantitative estimate of drug-likeness (QED) is 0.517. The number of piperidine rings is 1. The topological polar surface area (TPSA) is 86.0 Å². The predicted molar refractivity (Wildman–Crippen MR) is 139 cm³/mol. The highest BCUT2D eigenvalue weighted by molar-refractivity contribution is 5.73. The van der Waals surface area contributed by atoms with Crippen molar-refractivity contribution in [1.82, 2.24) is 19.3 Å². The van der Waals surface area contributed by atoms with E-state index < -0.39 is 5.60 Å². The van der Waals surface area contributed by atoms with E-state index in [0.29, 0.717) is 24.9 Å². The second-order valence-electron chi connectivity index (χ2n) is 11.1. The molecule has 0 spiro atoms. The van der Waals surface area contributed by atoms with Crippen molar-refractivity contribution in [2.75, 3.05) is 20.2 Å². The van der Waals surface area contributed by atoms with E-state index in [0.717, 1.165) is 61.3 Å². The minimum Gasteiger partial charge on any atom is -0.469 e. The van der Waals surface area contributed by atoms with Crippen LogP contribution in [0.3, 0.4) is 0 Å². The van der Waals surface area contributed by atoms with Crippen LogP contribution in [0.5, 0.6) is 0 Å². The molecule has 1 aliphatic heterocycles. The monoisotopic (exact) mass is 496 g/mol. The smallest absolute Gasteiger partial charge is 0.410 e. The fourth-order valence-corrected chi connectivity index (χ4v) is 5.68. The number of aryl methyl sites for hydroxylation is 1.